The molecule has 3 aromatic carbocycles. The Balaban J connectivity index is 1.32. The molecule has 0 saturated heterocycles. The summed E-state index contributed by atoms with van der Waals surface area (Å²) in [6, 6.07) is 27.6. The van der Waals surface area contributed by atoms with Crippen molar-refractivity contribution < 1.29 is 9.53 Å². The maximum absolute atomic E-state index is 12.1. The predicted molar refractivity (Wildman–Crippen MR) is 118 cm³/mol. The van der Waals surface area contributed by atoms with Crippen LogP contribution in [0.3, 0.4) is 0 Å². The standard InChI is InChI=1S/C24H20N2O2S/c27-23(16-28-15-18-7-3-1-4-8-18)25-21-13-11-19(12-14-21)22-17-29-24(26-22)20-9-5-2-6-10-20/h1-14,17H,15-16H2,(H,25,27). The van der Waals surface area contributed by atoms with Crippen LogP contribution in [0.1, 0.15) is 5.56 Å². The number of hydrogen-bond acceptors (Lipinski definition) is 4. The molecule has 0 aliphatic heterocycles. The maximum Gasteiger partial charge on any atom is 0.250 e. The van der Waals surface area contributed by atoms with E-state index in [4.69, 9.17) is 9.72 Å². The molecule has 0 saturated carbocycles. The zero-order valence-corrected chi connectivity index (χ0v) is 16.6. The van der Waals surface area contributed by atoms with Crippen molar-refractivity contribution in [3.63, 3.8) is 0 Å². The number of aromatic nitrogens is 1. The summed E-state index contributed by atoms with van der Waals surface area (Å²) in [5.74, 6) is -0.172. The Hall–Kier alpha value is -3.28. The second-order valence-corrected chi connectivity index (χ2v) is 7.37. The van der Waals surface area contributed by atoms with Crippen molar-refractivity contribution in [1.29, 1.82) is 0 Å². The Kier molecular flexibility index (Phi) is 6.10. The minimum Gasteiger partial charge on any atom is -0.367 e. The molecule has 29 heavy (non-hydrogen) atoms. The Bertz CT molecular complexity index is 1060. The highest BCUT2D eigenvalue weighted by Gasteiger charge is 2.07. The molecule has 4 aromatic rings. The number of anilines is 1. The second-order valence-electron chi connectivity index (χ2n) is 6.51. The highest BCUT2D eigenvalue weighted by atomic mass is 32.1. The van der Waals surface area contributed by atoms with E-state index < -0.39 is 0 Å². The lowest BCUT2D eigenvalue weighted by molar-refractivity contribution is -0.121. The van der Waals surface area contributed by atoms with Gasteiger partial charge in [0.15, 0.2) is 0 Å². The van der Waals surface area contributed by atoms with Gasteiger partial charge >= 0.3 is 0 Å². The molecule has 4 rings (SSSR count). The van der Waals surface area contributed by atoms with Crippen molar-refractivity contribution in [2.45, 2.75) is 6.61 Å². The van der Waals surface area contributed by atoms with E-state index in [2.05, 4.69) is 17.4 Å². The van der Waals surface area contributed by atoms with Gasteiger partial charge < -0.3 is 10.1 Å². The van der Waals surface area contributed by atoms with Gasteiger partial charge in [-0.15, -0.1) is 11.3 Å². The first-order chi connectivity index (χ1) is 14.3. The van der Waals surface area contributed by atoms with Crippen LogP contribution in [0.4, 0.5) is 5.69 Å². The first-order valence-electron chi connectivity index (χ1n) is 9.31. The van der Waals surface area contributed by atoms with Crippen molar-refractivity contribution in [3.8, 4) is 21.8 Å². The molecule has 1 aromatic heterocycles. The highest BCUT2D eigenvalue weighted by Crippen LogP contribution is 2.29. The molecule has 1 amide bonds. The molecule has 0 aliphatic rings. The van der Waals surface area contributed by atoms with Gasteiger partial charge in [0.25, 0.3) is 0 Å². The molecule has 0 radical (unpaired) electrons. The third-order valence-electron chi connectivity index (χ3n) is 4.33. The number of hydrogen-bond donors (Lipinski definition) is 1. The maximum atomic E-state index is 12.1. The third-order valence-corrected chi connectivity index (χ3v) is 5.23. The van der Waals surface area contributed by atoms with E-state index in [-0.39, 0.29) is 12.5 Å². The zero-order valence-electron chi connectivity index (χ0n) is 15.7. The summed E-state index contributed by atoms with van der Waals surface area (Å²) >= 11 is 1.62. The van der Waals surface area contributed by atoms with Gasteiger partial charge in [-0.05, 0) is 17.7 Å². The first-order valence-corrected chi connectivity index (χ1v) is 10.2. The number of benzene rings is 3. The van der Waals surface area contributed by atoms with Crippen LogP contribution in [0.15, 0.2) is 90.3 Å². The number of thiazole rings is 1. The number of rotatable bonds is 7. The molecule has 0 fully saturated rings. The number of amides is 1. The minimum absolute atomic E-state index is 0.0170. The first kappa shape index (κ1) is 19.1. The van der Waals surface area contributed by atoms with Crippen LogP contribution in [0.2, 0.25) is 0 Å². The zero-order chi connectivity index (χ0) is 19.9. The molecule has 0 bridgehead atoms. The van der Waals surface area contributed by atoms with E-state index in [0.29, 0.717) is 6.61 Å². The summed E-state index contributed by atoms with van der Waals surface area (Å²) in [5, 5.41) is 5.90. The molecule has 1 N–H and O–H groups in total. The van der Waals surface area contributed by atoms with E-state index in [9.17, 15) is 4.79 Å². The van der Waals surface area contributed by atoms with Crippen molar-refractivity contribution >= 4 is 22.9 Å². The molecule has 144 valence electrons. The number of carbonyl (C=O) groups is 1. The van der Waals surface area contributed by atoms with Crippen LogP contribution in [0, 0.1) is 0 Å². The number of nitrogens with one attached hydrogen (secondary N) is 1. The highest BCUT2D eigenvalue weighted by molar-refractivity contribution is 7.13. The number of carbonyl (C=O) groups excluding carboxylic acids is 1. The fourth-order valence-corrected chi connectivity index (χ4v) is 3.71. The normalized spacial score (nSPS) is 10.6. The SMILES string of the molecule is O=C(COCc1ccccc1)Nc1ccc(-c2csc(-c3ccccc3)n2)cc1. The van der Waals surface area contributed by atoms with Gasteiger partial charge in [-0.1, -0.05) is 72.8 Å². The fraction of sp³-hybridized carbons (Fsp3) is 0.0833. The summed E-state index contributed by atoms with van der Waals surface area (Å²) in [7, 11) is 0. The van der Waals surface area contributed by atoms with Crippen molar-refractivity contribution in [3.05, 3.63) is 95.9 Å². The molecule has 0 spiro atoms. The van der Waals surface area contributed by atoms with Gasteiger partial charge in [-0.2, -0.15) is 0 Å². The Morgan fingerprint density at radius 3 is 2.28 bits per heavy atom. The van der Waals surface area contributed by atoms with E-state index in [1.807, 2.05) is 78.2 Å². The molecular formula is C24H20N2O2S. The summed E-state index contributed by atoms with van der Waals surface area (Å²) in [5.41, 5.74) is 4.84. The molecule has 0 atom stereocenters. The predicted octanol–water partition coefficient (Wildman–Crippen LogP) is 5.63. The number of nitrogens with zero attached hydrogens (tertiary/aromatic N) is 1. The summed E-state index contributed by atoms with van der Waals surface area (Å²) in [6.07, 6.45) is 0. The Morgan fingerprint density at radius 1 is 0.862 bits per heavy atom. The average molecular weight is 401 g/mol. The summed E-state index contributed by atoms with van der Waals surface area (Å²) in [4.78, 5) is 16.8. The Labute approximate surface area is 173 Å². The van der Waals surface area contributed by atoms with E-state index in [1.54, 1.807) is 11.3 Å². The van der Waals surface area contributed by atoms with Gasteiger partial charge in [0.2, 0.25) is 5.91 Å². The summed E-state index contributed by atoms with van der Waals surface area (Å²) in [6.45, 7) is 0.434. The van der Waals surface area contributed by atoms with Gasteiger partial charge in [-0.25, -0.2) is 4.98 Å². The molecule has 1 heterocycles. The quantitative estimate of drug-likeness (QED) is 0.437. The lowest BCUT2D eigenvalue weighted by Crippen LogP contribution is -2.18. The van der Waals surface area contributed by atoms with Crippen LogP contribution < -0.4 is 5.32 Å². The Morgan fingerprint density at radius 2 is 1.55 bits per heavy atom. The topological polar surface area (TPSA) is 51.2 Å². The van der Waals surface area contributed by atoms with E-state index in [1.165, 1.54) is 0 Å². The second kappa shape index (κ2) is 9.28. The number of ether oxygens (including phenoxy) is 1. The lowest BCUT2D eigenvalue weighted by Gasteiger charge is -2.07. The average Bonchev–Trinajstić information content (AvgIpc) is 3.26. The van der Waals surface area contributed by atoms with Crippen LogP contribution in [-0.4, -0.2) is 17.5 Å². The van der Waals surface area contributed by atoms with Gasteiger partial charge in [0, 0.05) is 22.2 Å². The van der Waals surface area contributed by atoms with E-state index in [0.717, 1.165) is 33.1 Å². The third kappa shape index (κ3) is 5.16. The fourth-order valence-electron chi connectivity index (χ4n) is 2.88. The molecule has 4 nitrogen and oxygen atoms in total. The minimum atomic E-state index is -0.172. The molecule has 0 aliphatic carbocycles. The van der Waals surface area contributed by atoms with Crippen LogP contribution in [-0.2, 0) is 16.1 Å². The molecular weight excluding hydrogens is 380 g/mol. The van der Waals surface area contributed by atoms with Crippen LogP contribution in [0.5, 0.6) is 0 Å². The summed E-state index contributed by atoms with van der Waals surface area (Å²) < 4.78 is 5.47. The van der Waals surface area contributed by atoms with Crippen LogP contribution >= 0.6 is 11.3 Å². The smallest absolute Gasteiger partial charge is 0.250 e. The van der Waals surface area contributed by atoms with Crippen molar-refractivity contribution in [2.24, 2.45) is 0 Å². The molecule has 0 unspecified atom stereocenters. The molecule has 5 heteroatoms. The monoisotopic (exact) mass is 400 g/mol. The van der Waals surface area contributed by atoms with Crippen molar-refractivity contribution in [2.75, 3.05) is 11.9 Å². The van der Waals surface area contributed by atoms with Gasteiger partial charge in [-0.3, -0.25) is 4.79 Å². The van der Waals surface area contributed by atoms with Crippen LogP contribution in [0.25, 0.3) is 21.8 Å². The van der Waals surface area contributed by atoms with E-state index >= 15 is 0 Å². The lowest BCUT2D eigenvalue weighted by atomic mass is 10.1. The van der Waals surface area contributed by atoms with Gasteiger partial charge in [0.05, 0.1) is 12.3 Å². The van der Waals surface area contributed by atoms with Gasteiger partial charge in [0.1, 0.15) is 11.6 Å². The van der Waals surface area contributed by atoms with Crippen molar-refractivity contribution in [1.82, 2.24) is 4.98 Å². The largest absolute Gasteiger partial charge is 0.367 e.